The first-order chi connectivity index (χ1) is 13.4. The van der Waals surface area contributed by atoms with Crippen molar-refractivity contribution in [1.29, 1.82) is 0 Å². The molecule has 2 unspecified atom stereocenters. The monoisotopic (exact) mass is 388 g/mol. The van der Waals surface area contributed by atoms with Crippen molar-refractivity contribution in [3.63, 3.8) is 0 Å². The Morgan fingerprint density at radius 3 is 2.64 bits per heavy atom. The second kappa shape index (κ2) is 10.2. The van der Waals surface area contributed by atoms with Gasteiger partial charge in [-0.05, 0) is 18.6 Å². The predicted octanol–water partition coefficient (Wildman–Crippen LogP) is -0.603. The zero-order valence-corrected chi connectivity index (χ0v) is 15.5. The van der Waals surface area contributed by atoms with E-state index >= 15 is 0 Å². The number of hydrogen-bond acceptors (Lipinski definition) is 5. The first kappa shape index (κ1) is 21.1. The van der Waals surface area contributed by atoms with Crippen molar-refractivity contribution in [3.05, 3.63) is 36.0 Å². The number of rotatable bonds is 10. The second-order valence-electron chi connectivity index (χ2n) is 6.35. The lowest BCUT2D eigenvalue weighted by molar-refractivity contribution is -0.130. The Morgan fingerprint density at radius 1 is 1.18 bits per heavy atom. The number of aromatic nitrogens is 1. The molecule has 3 amide bonds. The van der Waals surface area contributed by atoms with Gasteiger partial charge in [-0.25, -0.2) is 0 Å². The van der Waals surface area contributed by atoms with Crippen LogP contribution in [0.4, 0.5) is 0 Å². The van der Waals surface area contributed by atoms with Gasteiger partial charge in [0.25, 0.3) is 0 Å². The van der Waals surface area contributed by atoms with E-state index in [-0.39, 0.29) is 19.6 Å². The van der Waals surface area contributed by atoms with E-state index in [0.717, 1.165) is 16.5 Å². The summed E-state index contributed by atoms with van der Waals surface area (Å²) < 4.78 is 0. The Kier molecular flexibility index (Phi) is 7.70. The van der Waals surface area contributed by atoms with Gasteiger partial charge in [0.05, 0.1) is 19.2 Å². The average molecular weight is 388 g/mol. The second-order valence-corrected chi connectivity index (χ2v) is 6.35. The molecule has 0 saturated heterocycles. The van der Waals surface area contributed by atoms with Gasteiger partial charge in [0.15, 0.2) is 0 Å². The standard InChI is InChI=1S/C19H24N4O5/c1-12(22-17(26)6-7-24)19(28)21-10-18(27)23-14(11-25)8-13-9-20-16-5-3-2-4-15(13)16/h2-5,9,11-12,14,20,24H,6-8,10H2,1H3,(H,21,28)(H,22,26)(H,23,27). The van der Waals surface area contributed by atoms with Crippen LogP contribution in [0.3, 0.4) is 0 Å². The third-order valence-electron chi connectivity index (χ3n) is 4.16. The third-order valence-corrected chi connectivity index (χ3v) is 4.16. The Morgan fingerprint density at radius 2 is 1.93 bits per heavy atom. The van der Waals surface area contributed by atoms with Gasteiger partial charge in [0.1, 0.15) is 12.3 Å². The summed E-state index contributed by atoms with van der Waals surface area (Å²) in [5, 5.41) is 17.0. The molecule has 0 aliphatic carbocycles. The summed E-state index contributed by atoms with van der Waals surface area (Å²) in [7, 11) is 0. The van der Waals surface area contributed by atoms with Crippen molar-refractivity contribution in [2.24, 2.45) is 0 Å². The van der Waals surface area contributed by atoms with Gasteiger partial charge < -0.3 is 30.8 Å². The maximum absolute atomic E-state index is 12.0. The molecule has 1 heterocycles. The molecule has 2 aromatic rings. The van der Waals surface area contributed by atoms with E-state index in [9.17, 15) is 19.2 Å². The highest BCUT2D eigenvalue weighted by Crippen LogP contribution is 2.18. The summed E-state index contributed by atoms with van der Waals surface area (Å²) in [6, 6.07) is 6.06. The molecule has 0 aliphatic rings. The van der Waals surface area contributed by atoms with Crippen LogP contribution in [0.25, 0.3) is 10.9 Å². The van der Waals surface area contributed by atoms with Crippen molar-refractivity contribution in [3.8, 4) is 0 Å². The summed E-state index contributed by atoms with van der Waals surface area (Å²) >= 11 is 0. The minimum atomic E-state index is -0.847. The van der Waals surface area contributed by atoms with Crippen molar-refractivity contribution in [2.45, 2.75) is 31.8 Å². The molecule has 9 heteroatoms. The van der Waals surface area contributed by atoms with Crippen LogP contribution >= 0.6 is 0 Å². The highest BCUT2D eigenvalue weighted by atomic mass is 16.3. The number of aliphatic hydroxyl groups excluding tert-OH is 1. The minimum absolute atomic E-state index is 0.104. The van der Waals surface area contributed by atoms with E-state index in [1.54, 1.807) is 6.20 Å². The van der Waals surface area contributed by atoms with Gasteiger partial charge in [0, 0.05) is 29.9 Å². The number of H-pyrrole nitrogens is 1. The third kappa shape index (κ3) is 5.92. The van der Waals surface area contributed by atoms with E-state index < -0.39 is 29.8 Å². The van der Waals surface area contributed by atoms with Crippen LogP contribution in [0.15, 0.2) is 30.5 Å². The number of carbonyl (C=O) groups is 4. The van der Waals surface area contributed by atoms with Crippen molar-refractivity contribution >= 4 is 34.9 Å². The van der Waals surface area contributed by atoms with E-state index in [2.05, 4.69) is 20.9 Å². The van der Waals surface area contributed by atoms with Crippen molar-refractivity contribution < 1.29 is 24.3 Å². The molecule has 1 aromatic heterocycles. The van der Waals surface area contributed by atoms with Crippen LogP contribution in [0.2, 0.25) is 0 Å². The fraction of sp³-hybridized carbons (Fsp3) is 0.368. The van der Waals surface area contributed by atoms with E-state index in [1.165, 1.54) is 6.92 Å². The van der Waals surface area contributed by atoms with Crippen molar-refractivity contribution in [2.75, 3.05) is 13.2 Å². The molecule has 0 aliphatic heterocycles. The number of amides is 3. The first-order valence-corrected chi connectivity index (χ1v) is 8.92. The summed E-state index contributed by atoms with van der Waals surface area (Å²) in [5.41, 5.74) is 1.84. The first-order valence-electron chi connectivity index (χ1n) is 8.92. The van der Waals surface area contributed by atoms with Gasteiger partial charge in [-0.2, -0.15) is 0 Å². The summed E-state index contributed by atoms with van der Waals surface area (Å²) in [4.78, 5) is 49.8. The number of benzene rings is 1. The topological polar surface area (TPSA) is 140 Å². The van der Waals surface area contributed by atoms with E-state index in [0.29, 0.717) is 12.7 Å². The maximum Gasteiger partial charge on any atom is 0.242 e. The van der Waals surface area contributed by atoms with Crippen molar-refractivity contribution in [1.82, 2.24) is 20.9 Å². The molecule has 28 heavy (non-hydrogen) atoms. The zero-order valence-electron chi connectivity index (χ0n) is 15.5. The normalized spacial score (nSPS) is 12.8. The lowest BCUT2D eigenvalue weighted by atomic mass is 10.1. The summed E-state index contributed by atoms with van der Waals surface area (Å²) in [6.07, 6.45) is 2.67. The lowest BCUT2D eigenvalue weighted by Crippen LogP contribution is -2.49. The molecule has 2 rings (SSSR count). The maximum atomic E-state index is 12.0. The quantitative estimate of drug-likeness (QED) is 0.346. The van der Waals surface area contributed by atoms with Gasteiger partial charge in [-0.3, -0.25) is 14.4 Å². The van der Waals surface area contributed by atoms with Gasteiger partial charge >= 0.3 is 0 Å². The summed E-state index contributed by atoms with van der Waals surface area (Å²) in [6.45, 7) is 0.830. The number of aldehydes is 1. The molecule has 0 fully saturated rings. The molecule has 9 nitrogen and oxygen atoms in total. The number of carbonyl (C=O) groups excluding carboxylic acids is 4. The van der Waals surface area contributed by atoms with E-state index in [1.807, 2.05) is 24.3 Å². The van der Waals surface area contributed by atoms with Crippen LogP contribution in [0.5, 0.6) is 0 Å². The highest BCUT2D eigenvalue weighted by Gasteiger charge is 2.18. The Balaban J connectivity index is 1.82. The fourth-order valence-corrected chi connectivity index (χ4v) is 2.73. The summed E-state index contributed by atoms with van der Waals surface area (Å²) in [5.74, 6) is -1.52. The highest BCUT2D eigenvalue weighted by molar-refractivity contribution is 5.91. The molecule has 0 saturated carbocycles. The SMILES string of the molecule is CC(NC(=O)CCO)C(=O)NCC(=O)NC(C=O)Cc1c[nH]c2ccccc12. The molecular formula is C19H24N4O5. The number of aliphatic hydroxyl groups is 1. The van der Waals surface area contributed by atoms with Gasteiger partial charge in [0.2, 0.25) is 17.7 Å². The molecule has 5 N–H and O–H groups in total. The Bertz CT molecular complexity index is 848. The van der Waals surface area contributed by atoms with Crippen LogP contribution in [0.1, 0.15) is 18.9 Å². The molecule has 2 atom stereocenters. The van der Waals surface area contributed by atoms with E-state index in [4.69, 9.17) is 5.11 Å². The molecule has 0 bridgehead atoms. The molecule has 1 aromatic carbocycles. The Labute approximate surface area is 161 Å². The lowest BCUT2D eigenvalue weighted by Gasteiger charge is -2.15. The Hall–Kier alpha value is -3.20. The van der Waals surface area contributed by atoms with Crippen LogP contribution in [0, 0.1) is 0 Å². The molecular weight excluding hydrogens is 364 g/mol. The number of nitrogens with one attached hydrogen (secondary N) is 4. The smallest absolute Gasteiger partial charge is 0.242 e. The van der Waals surface area contributed by atoms with Crippen LogP contribution in [-0.4, -0.2) is 59.3 Å². The van der Waals surface area contributed by atoms with Crippen LogP contribution in [-0.2, 0) is 25.6 Å². The molecule has 150 valence electrons. The average Bonchev–Trinajstić information content (AvgIpc) is 3.08. The zero-order chi connectivity index (χ0) is 20.5. The number of para-hydroxylation sites is 1. The fourth-order valence-electron chi connectivity index (χ4n) is 2.73. The predicted molar refractivity (Wildman–Crippen MR) is 102 cm³/mol. The number of fused-ring (bicyclic) bond motifs is 1. The number of hydrogen-bond donors (Lipinski definition) is 5. The molecule has 0 spiro atoms. The van der Waals surface area contributed by atoms with Gasteiger partial charge in [-0.1, -0.05) is 18.2 Å². The molecule has 0 radical (unpaired) electrons. The van der Waals surface area contributed by atoms with Gasteiger partial charge in [-0.15, -0.1) is 0 Å². The van der Waals surface area contributed by atoms with Crippen LogP contribution < -0.4 is 16.0 Å². The number of aromatic amines is 1. The minimum Gasteiger partial charge on any atom is -0.396 e. The largest absolute Gasteiger partial charge is 0.396 e.